The lowest BCUT2D eigenvalue weighted by molar-refractivity contribution is 0.237. The first-order chi connectivity index (χ1) is 10.5. The predicted molar refractivity (Wildman–Crippen MR) is 83.6 cm³/mol. The molecule has 0 radical (unpaired) electrons. The smallest absolute Gasteiger partial charge is 0.315 e. The highest BCUT2D eigenvalue weighted by Crippen LogP contribution is 2.27. The summed E-state index contributed by atoms with van der Waals surface area (Å²) in [4.78, 5) is 17.0. The molecule has 5 nitrogen and oxygen atoms in total. The van der Waals surface area contributed by atoms with Gasteiger partial charge in [0, 0.05) is 11.1 Å². The molecule has 118 valence electrons. The number of benzene rings is 1. The van der Waals surface area contributed by atoms with E-state index in [1.807, 2.05) is 6.92 Å². The molecule has 1 aromatic heterocycles. The molecule has 7 heteroatoms. The van der Waals surface area contributed by atoms with Crippen molar-refractivity contribution in [3.05, 3.63) is 45.7 Å². The SMILES string of the molecule is COc1cccc(F)c1[C@@H](C)NC(=O)NCc1cnc(C)s1. The molecular weight excluding hydrogens is 305 g/mol. The van der Waals surface area contributed by atoms with Crippen molar-refractivity contribution in [3.8, 4) is 5.75 Å². The topological polar surface area (TPSA) is 63.2 Å². The number of halogens is 1. The highest BCUT2D eigenvalue weighted by Gasteiger charge is 2.18. The number of hydrogen-bond donors (Lipinski definition) is 2. The zero-order chi connectivity index (χ0) is 16.1. The van der Waals surface area contributed by atoms with Gasteiger partial charge >= 0.3 is 6.03 Å². The molecule has 1 aromatic carbocycles. The molecule has 0 fully saturated rings. The van der Waals surface area contributed by atoms with Crippen molar-refractivity contribution in [2.45, 2.75) is 26.4 Å². The molecule has 2 N–H and O–H groups in total. The lowest BCUT2D eigenvalue weighted by Crippen LogP contribution is -2.36. The molecular formula is C15H18FN3O2S. The first-order valence-electron chi connectivity index (χ1n) is 6.79. The number of amides is 2. The fourth-order valence-corrected chi connectivity index (χ4v) is 2.82. The third-order valence-electron chi connectivity index (χ3n) is 3.11. The number of nitrogens with zero attached hydrogens (tertiary/aromatic N) is 1. The predicted octanol–water partition coefficient (Wildman–Crippen LogP) is 3.16. The third-order valence-corrected chi connectivity index (χ3v) is 4.02. The van der Waals surface area contributed by atoms with Gasteiger partial charge in [0.25, 0.3) is 0 Å². The van der Waals surface area contributed by atoms with Crippen LogP contribution in [0, 0.1) is 12.7 Å². The van der Waals surface area contributed by atoms with Crippen molar-refractivity contribution in [3.63, 3.8) is 0 Å². The first-order valence-corrected chi connectivity index (χ1v) is 7.61. The molecule has 0 saturated carbocycles. The number of aromatic nitrogens is 1. The fourth-order valence-electron chi connectivity index (χ4n) is 2.09. The number of urea groups is 1. The number of hydrogen-bond acceptors (Lipinski definition) is 4. The summed E-state index contributed by atoms with van der Waals surface area (Å²) >= 11 is 1.52. The number of aryl methyl sites for hydroxylation is 1. The van der Waals surface area contributed by atoms with Gasteiger partial charge in [0.2, 0.25) is 0 Å². The summed E-state index contributed by atoms with van der Waals surface area (Å²) in [7, 11) is 1.47. The van der Waals surface area contributed by atoms with Crippen molar-refractivity contribution in [1.82, 2.24) is 15.6 Å². The molecule has 0 aliphatic carbocycles. The number of nitrogens with one attached hydrogen (secondary N) is 2. The van der Waals surface area contributed by atoms with E-state index in [0.29, 0.717) is 17.9 Å². The number of carbonyl (C=O) groups excluding carboxylic acids is 1. The van der Waals surface area contributed by atoms with Crippen molar-refractivity contribution >= 4 is 17.4 Å². The number of rotatable bonds is 5. The molecule has 0 bridgehead atoms. The van der Waals surface area contributed by atoms with Crippen LogP contribution in [0.25, 0.3) is 0 Å². The van der Waals surface area contributed by atoms with E-state index in [1.165, 1.54) is 24.5 Å². The Kier molecular flexibility index (Phi) is 5.32. The number of methoxy groups -OCH3 is 1. The highest BCUT2D eigenvalue weighted by atomic mass is 32.1. The summed E-state index contributed by atoms with van der Waals surface area (Å²) in [6.07, 6.45) is 1.73. The molecule has 0 unspecified atom stereocenters. The average molecular weight is 323 g/mol. The van der Waals surface area contributed by atoms with Crippen molar-refractivity contribution < 1.29 is 13.9 Å². The molecule has 2 aromatic rings. The quantitative estimate of drug-likeness (QED) is 0.888. The summed E-state index contributed by atoms with van der Waals surface area (Å²) in [6, 6.07) is 3.68. The van der Waals surface area contributed by atoms with Gasteiger partial charge in [0.1, 0.15) is 11.6 Å². The summed E-state index contributed by atoms with van der Waals surface area (Å²) < 4.78 is 19.1. The standard InChI is InChI=1S/C15H18FN3O2S/c1-9(14-12(16)5-4-6-13(14)21-3)19-15(20)18-8-11-7-17-10(2)22-11/h4-7,9H,8H2,1-3H3,(H2,18,19,20)/t9-/m1/s1. The first kappa shape index (κ1) is 16.2. The Balaban J connectivity index is 1.96. The van der Waals surface area contributed by atoms with E-state index in [0.717, 1.165) is 9.88 Å². The lowest BCUT2D eigenvalue weighted by Gasteiger charge is -2.18. The zero-order valence-electron chi connectivity index (χ0n) is 12.6. The normalized spacial score (nSPS) is 11.8. The van der Waals surface area contributed by atoms with Gasteiger partial charge in [-0.3, -0.25) is 0 Å². The Morgan fingerprint density at radius 3 is 2.91 bits per heavy atom. The van der Waals surface area contributed by atoms with E-state index in [9.17, 15) is 9.18 Å². The second-order valence-corrected chi connectivity index (χ2v) is 6.07. The van der Waals surface area contributed by atoms with Crippen LogP contribution in [0.2, 0.25) is 0 Å². The Morgan fingerprint density at radius 2 is 2.27 bits per heavy atom. The van der Waals surface area contributed by atoms with Gasteiger partial charge in [-0.1, -0.05) is 6.07 Å². The fraction of sp³-hybridized carbons (Fsp3) is 0.333. The summed E-state index contributed by atoms with van der Waals surface area (Å²) in [5.74, 6) is -0.00360. The van der Waals surface area contributed by atoms with Crippen LogP contribution in [0.1, 0.15) is 28.4 Å². The van der Waals surface area contributed by atoms with Crippen LogP contribution in [0.4, 0.5) is 9.18 Å². The van der Waals surface area contributed by atoms with Crippen LogP contribution in [0.3, 0.4) is 0 Å². The minimum Gasteiger partial charge on any atom is -0.496 e. The second kappa shape index (κ2) is 7.22. The van der Waals surface area contributed by atoms with Crippen LogP contribution >= 0.6 is 11.3 Å². The van der Waals surface area contributed by atoms with Crippen molar-refractivity contribution in [2.24, 2.45) is 0 Å². The maximum atomic E-state index is 13.9. The van der Waals surface area contributed by atoms with E-state index >= 15 is 0 Å². The van der Waals surface area contributed by atoms with E-state index < -0.39 is 11.9 Å². The molecule has 2 amide bonds. The Morgan fingerprint density at radius 1 is 1.50 bits per heavy atom. The van der Waals surface area contributed by atoms with E-state index in [2.05, 4.69) is 15.6 Å². The van der Waals surface area contributed by atoms with E-state index in [4.69, 9.17) is 4.74 Å². The van der Waals surface area contributed by atoms with Crippen LogP contribution in [0.15, 0.2) is 24.4 Å². The van der Waals surface area contributed by atoms with E-state index in [-0.39, 0.29) is 6.03 Å². The average Bonchev–Trinajstić information content (AvgIpc) is 2.90. The molecule has 1 atom stereocenters. The molecule has 22 heavy (non-hydrogen) atoms. The van der Waals surface area contributed by atoms with Gasteiger partial charge in [-0.15, -0.1) is 11.3 Å². The summed E-state index contributed by atoms with van der Waals surface area (Å²) in [5, 5.41) is 6.38. The molecule has 2 rings (SSSR count). The molecule has 0 aliphatic rings. The van der Waals surface area contributed by atoms with Gasteiger partial charge in [0.15, 0.2) is 0 Å². The largest absolute Gasteiger partial charge is 0.496 e. The monoisotopic (exact) mass is 323 g/mol. The molecule has 0 saturated heterocycles. The van der Waals surface area contributed by atoms with E-state index in [1.54, 1.807) is 25.3 Å². The zero-order valence-corrected chi connectivity index (χ0v) is 13.5. The molecule has 0 aliphatic heterocycles. The maximum Gasteiger partial charge on any atom is 0.315 e. The van der Waals surface area contributed by atoms with Gasteiger partial charge in [-0.2, -0.15) is 0 Å². The van der Waals surface area contributed by atoms with Crippen LogP contribution < -0.4 is 15.4 Å². The Bertz CT molecular complexity index is 660. The highest BCUT2D eigenvalue weighted by molar-refractivity contribution is 7.11. The van der Waals surface area contributed by atoms with Gasteiger partial charge < -0.3 is 15.4 Å². The molecule has 0 spiro atoms. The minimum absolute atomic E-state index is 0.328. The van der Waals surface area contributed by atoms with Gasteiger partial charge in [0.05, 0.1) is 30.3 Å². The third kappa shape index (κ3) is 3.94. The van der Waals surface area contributed by atoms with Crippen molar-refractivity contribution in [2.75, 3.05) is 7.11 Å². The van der Waals surface area contributed by atoms with Crippen molar-refractivity contribution in [1.29, 1.82) is 0 Å². The number of thiazole rings is 1. The van der Waals surface area contributed by atoms with Gasteiger partial charge in [-0.05, 0) is 26.0 Å². The Hall–Kier alpha value is -2.15. The van der Waals surface area contributed by atoms with Gasteiger partial charge in [-0.25, -0.2) is 14.2 Å². The molecule has 1 heterocycles. The summed E-state index contributed by atoms with van der Waals surface area (Å²) in [5.41, 5.74) is 0.328. The lowest BCUT2D eigenvalue weighted by atomic mass is 10.1. The van der Waals surface area contributed by atoms with Crippen LogP contribution in [0.5, 0.6) is 5.75 Å². The maximum absolute atomic E-state index is 13.9. The number of ether oxygens (including phenoxy) is 1. The Labute approximate surface area is 132 Å². The summed E-state index contributed by atoms with van der Waals surface area (Å²) in [6.45, 7) is 4.00. The number of carbonyl (C=O) groups is 1. The van der Waals surface area contributed by atoms with Crippen LogP contribution in [-0.4, -0.2) is 18.1 Å². The minimum atomic E-state index is -0.514. The van der Waals surface area contributed by atoms with Crippen LogP contribution in [-0.2, 0) is 6.54 Å². The second-order valence-electron chi connectivity index (χ2n) is 4.75.